The number of benzene rings is 2. The molecule has 34 heavy (non-hydrogen) atoms. The average Bonchev–Trinajstić information content (AvgIpc) is 3.27. The highest BCUT2D eigenvalue weighted by molar-refractivity contribution is 14.1. The fourth-order valence-electron chi connectivity index (χ4n) is 4.49. The number of carbonyl (C=O) groups is 1. The molecule has 1 aromatic heterocycles. The lowest BCUT2D eigenvalue weighted by Gasteiger charge is -2.43. The van der Waals surface area contributed by atoms with Gasteiger partial charge in [0.05, 0.1) is 30.0 Å². The van der Waals surface area contributed by atoms with Crippen LogP contribution in [0.15, 0.2) is 42.5 Å². The molecule has 3 aromatic rings. The van der Waals surface area contributed by atoms with Crippen molar-refractivity contribution in [3.05, 3.63) is 64.7 Å². The zero-order valence-corrected chi connectivity index (χ0v) is 21.5. The number of halogens is 1. The lowest BCUT2D eigenvalue weighted by atomic mass is 9.88. The molecule has 2 heterocycles. The van der Waals surface area contributed by atoms with Gasteiger partial charge in [0.25, 0.3) is 5.95 Å². The number of hydrogen-bond acceptors (Lipinski definition) is 7. The van der Waals surface area contributed by atoms with Crippen LogP contribution in [-0.4, -0.2) is 37.2 Å². The van der Waals surface area contributed by atoms with Gasteiger partial charge in [-0.05, 0) is 61.2 Å². The van der Waals surface area contributed by atoms with E-state index in [4.69, 9.17) is 4.74 Å². The number of aromatic nitrogens is 4. The van der Waals surface area contributed by atoms with Crippen LogP contribution in [0.4, 0.5) is 16.4 Å². The van der Waals surface area contributed by atoms with E-state index in [1.165, 1.54) is 3.01 Å². The van der Waals surface area contributed by atoms with E-state index in [0.29, 0.717) is 31.1 Å². The van der Waals surface area contributed by atoms with Crippen LogP contribution in [0.5, 0.6) is 0 Å². The van der Waals surface area contributed by atoms with Crippen LogP contribution in [0.3, 0.4) is 0 Å². The minimum absolute atomic E-state index is 0.0538. The smallest absolute Gasteiger partial charge is 0.414 e. The summed E-state index contributed by atoms with van der Waals surface area (Å²) in [5, 5.41) is 22.2. The molecule has 0 aliphatic carbocycles. The Bertz CT molecular complexity index is 1220. The van der Waals surface area contributed by atoms with E-state index in [0.717, 1.165) is 28.8 Å². The van der Waals surface area contributed by atoms with Crippen molar-refractivity contribution in [2.75, 3.05) is 16.4 Å². The first-order valence-corrected chi connectivity index (χ1v) is 12.2. The first-order chi connectivity index (χ1) is 16.4. The molecule has 0 unspecified atom stereocenters. The van der Waals surface area contributed by atoms with Crippen molar-refractivity contribution < 1.29 is 9.53 Å². The number of carbonyl (C=O) groups excluding carboxylic acids is 1. The molecule has 176 valence electrons. The summed E-state index contributed by atoms with van der Waals surface area (Å²) in [5.74, 6) is 0.494. The molecule has 2 atom stereocenters. The number of rotatable bonds is 6. The third-order valence-electron chi connectivity index (χ3n) is 6.02. The van der Waals surface area contributed by atoms with E-state index in [1.807, 2.05) is 67.0 Å². The number of nitriles is 1. The highest BCUT2D eigenvalue weighted by Gasteiger charge is 2.39. The number of hydrogen-bond donors (Lipinski definition) is 0. The lowest BCUT2D eigenvalue weighted by molar-refractivity contribution is 0.155. The fourth-order valence-corrected chi connectivity index (χ4v) is 4.78. The Morgan fingerprint density at radius 2 is 2.12 bits per heavy atom. The summed E-state index contributed by atoms with van der Waals surface area (Å²) < 4.78 is 6.82. The molecule has 0 fully saturated rings. The molecule has 1 aliphatic heterocycles. The van der Waals surface area contributed by atoms with Gasteiger partial charge in [-0.2, -0.15) is 5.26 Å². The quantitative estimate of drug-likeness (QED) is 0.387. The number of nitrogens with zero attached hydrogens (tertiary/aromatic N) is 7. The molecule has 9 nitrogen and oxygen atoms in total. The highest BCUT2D eigenvalue weighted by Crippen LogP contribution is 2.43. The van der Waals surface area contributed by atoms with E-state index in [9.17, 15) is 10.1 Å². The van der Waals surface area contributed by atoms with Crippen molar-refractivity contribution in [1.29, 1.82) is 5.26 Å². The molecule has 0 spiro atoms. The van der Waals surface area contributed by atoms with E-state index < -0.39 is 0 Å². The Hall–Kier alpha value is -3.20. The molecule has 0 bridgehead atoms. The maximum atomic E-state index is 12.9. The number of ether oxygens (including phenoxy) is 1. The van der Waals surface area contributed by atoms with Crippen LogP contribution in [0.1, 0.15) is 55.0 Å². The van der Waals surface area contributed by atoms with E-state index in [1.54, 1.807) is 11.0 Å². The normalized spacial score (nSPS) is 17.1. The van der Waals surface area contributed by atoms with Crippen LogP contribution < -0.4 is 9.80 Å². The van der Waals surface area contributed by atoms with Gasteiger partial charge >= 0.3 is 6.09 Å². The number of tetrazole rings is 1. The van der Waals surface area contributed by atoms with Gasteiger partial charge in [0, 0.05) is 12.6 Å². The number of anilines is 2. The Morgan fingerprint density at radius 1 is 1.29 bits per heavy atom. The third-order valence-corrected chi connectivity index (χ3v) is 6.43. The van der Waals surface area contributed by atoms with Crippen molar-refractivity contribution in [3.63, 3.8) is 0 Å². The Labute approximate surface area is 212 Å². The van der Waals surface area contributed by atoms with Crippen LogP contribution in [0.25, 0.3) is 0 Å². The van der Waals surface area contributed by atoms with Gasteiger partial charge in [0.15, 0.2) is 0 Å². The van der Waals surface area contributed by atoms with Crippen LogP contribution >= 0.6 is 22.9 Å². The monoisotopic (exact) mass is 571 g/mol. The molecular formula is C24H26IN7O2. The standard InChI is InChI=1S/C24H26IN7O2/c1-4-19-13-22(20-11-16(3)9-10-21(20)31(19)24(33)34-5-2)30(23-27-29-32(25)28-23)15-18-8-6-7-17(12-18)14-26/h6-12,19,22H,4-5,13,15H2,1-3H3/t19-,22+/m1/s1. The first kappa shape index (κ1) is 23.9. The first-order valence-electron chi connectivity index (χ1n) is 11.2. The van der Waals surface area contributed by atoms with E-state index in [-0.39, 0.29) is 18.2 Å². The molecule has 1 amide bonds. The van der Waals surface area contributed by atoms with Gasteiger partial charge in [-0.1, -0.05) is 44.9 Å². The molecule has 4 rings (SSSR count). The number of aryl methyl sites for hydroxylation is 1. The van der Waals surface area contributed by atoms with Gasteiger partial charge < -0.3 is 9.64 Å². The highest BCUT2D eigenvalue weighted by atomic mass is 127. The molecule has 1 aliphatic rings. The predicted octanol–water partition coefficient (Wildman–Crippen LogP) is 4.94. The second kappa shape index (κ2) is 10.4. The number of fused-ring (bicyclic) bond motifs is 1. The fraction of sp³-hybridized carbons (Fsp3) is 0.375. The maximum absolute atomic E-state index is 12.9. The maximum Gasteiger partial charge on any atom is 0.414 e. The van der Waals surface area contributed by atoms with Crippen LogP contribution in [0.2, 0.25) is 0 Å². The summed E-state index contributed by atoms with van der Waals surface area (Å²) in [6, 6.07) is 15.7. The van der Waals surface area contributed by atoms with Gasteiger partial charge in [-0.3, -0.25) is 4.90 Å². The molecule has 0 saturated heterocycles. The molecule has 0 saturated carbocycles. The van der Waals surface area contributed by atoms with Crippen molar-refractivity contribution in [2.45, 2.75) is 52.2 Å². The lowest BCUT2D eigenvalue weighted by Crippen LogP contribution is -2.48. The van der Waals surface area contributed by atoms with Gasteiger partial charge in [0.2, 0.25) is 0 Å². The van der Waals surface area contributed by atoms with Crippen molar-refractivity contribution >= 4 is 40.6 Å². The SMILES string of the molecule is CCOC(=O)N1c2ccc(C)cc2[C@@H](N(Cc2cccc(C#N)c2)c2nnn(I)n2)C[C@H]1CC. The Morgan fingerprint density at radius 3 is 2.79 bits per heavy atom. The third kappa shape index (κ3) is 4.84. The minimum Gasteiger partial charge on any atom is -0.449 e. The molecule has 0 N–H and O–H groups in total. The van der Waals surface area contributed by atoms with Crippen molar-refractivity contribution in [3.8, 4) is 6.07 Å². The van der Waals surface area contributed by atoms with Gasteiger partial charge in [-0.15, -0.1) is 5.10 Å². The topological polar surface area (TPSA) is 100 Å². The molecule has 0 radical (unpaired) electrons. The van der Waals surface area contributed by atoms with E-state index >= 15 is 0 Å². The zero-order valence-electron chi connectivity index (χ0n) is 19.3. The summed E-state index contributed by atoms with van der Waals surface area (Å²) in [6.07, 6.45) is 1.12. The summed E-state index contributed by atoms with van der Waals surface area (Å²) in [4.78, 5) is 16.8. The summed E-state index contributed by atoms with van der Waals surface area (Å²) in [7, 11) is 0. The summed E-state index contributed by atoms with van der Waals surface area (Å²) >= 11 is 1.98. The summed E-state index contributed by atoms with van der Waals surface area (Å²) in [6.45, 7) is 6.75. The van der Waals surface area contributed by atoms with E-state index in [2.05, 4.69) is 39.4 Å². The molecular weight excluding hydrogens is 545 g/mol. The van der Waals surface area contributed by atoms with Crippen LogP contribution in [0, 0.1) is 18.3 Å². The summed E-state index contributed by atoms with van der Waals surface area (Å²) in [5.41, 5.74) is 4.52. The minimum atomic E-state index is -0.331. The average molecular weight is 571 g/mol. The number of amides is 1. The Balaban J connectivity index is 1.83. The molecule has 10 heteroatoms. The zero-order chi connectivity index (χ0) is 24.2. The van der Waals surface area contributed by atoms with Crippen molar-refractivity contribution in [1.82, 2.24) is 18.4 Å². The largest absolute Gasteiger partial charge is 0.449 e. The van der Waals surface area contributed by atoms with Gasteiger partial charge in [0.1, 0.15) is 22.9 Å². The van der Waals surface area contributed by atoms with Gasteiger partial charge in [-0.25, -0.2) is 4.79 Å². The molecule has 2 aromatic carbocycles. The second-order valence-electron chi connectivity index (χ2n) is 8.21. The van der Waals surface area contributed by atoms with Crippen LogP contribution in [-0.2, 0) is 11.3 Å². The Kier molecular flexibility index (Phi) is 7.31. The second-order valence-corrected chi connectivity index (χ2v) is 9.08. The predicted molar refractivity (Wildman–Crippen MR) is 137 cm³/mol. The van der Waals surface area contributed by atoms with Crippen molar-refractivity contribution in [2.24, 2.45) is 0 Å².